The van der Waals surface area contributed by atoms with Crippen LogP contribution in [-0.2, 0) is 17.7 Å². The average molecular weight is 553 g/mol. The monoisotopic (exact) mass is 552 g/mol. The van der Waals surface area contributed by atoms with Crippen LogP contribution >= 0.6 is 0 Å². The molecule has 1 fully saturated rings. The van der Waals surface area contributed by atoms with Gasteiger partial charge in [-0.2, -0.15) is 0 Å². The minimum absolute atomic E-state index is 0.107. The molecule has 0 bridgehead atoms. The minimum Gasteiger partial charge on any atom is -0.444 e. The molecular formula is C32H36N6O3. The molecule has 1 N–H and O–H groups in total. The van der Waals surface area contributed by atoms with E-state index in [4.69, 9.17) is 4.74 Å². The molecule has 2 amide bonds. The second-order valence-corrected chi connectivity index (χ2v) is 12.1. The molecule has 1 saturated heterocycles. The standard InChI is InChI=1S/C32H36N6O3/c1-19-15-33-29-24(19)14-23(16-34-29)22-12-21-8-10-37(30(39)27-11-20(2)35-18-36-27)17-26(21)25(13-22)28-7-6-9-38(28)31(40)41-32(3,4)5/h11-16,18,28H,6-10,17H2,1-5H3,(H,33,34). The molecule has 212 valence electrons. The topological polar surface area (TPSA) is 104 Å². The molecule has 1 aromatic carbocycles. The van der Waals surface area contributed by atoms with Gasteiger partial charge in [-0.05, 0) is 99.9 Å². The Morgan fingerprint density at radius 1 is 1.02 bits per heavy atom. The number of ether oxygens (including phenoxy) is 1. The highest BCUT2D eigenvalue weighted by Crippen LogP contribution is 2.40. The Kier molecular flexibility index (Phi) is 6.76. The number of fused-ring (bicyclic) bond motifs is 2. The Balaban J connectivity index is 1.42. The number of aromatic amines is 1. The maximum atomic E-state index is 13.5. The lowest BCUT2D eigenvalue weighted by Crippen LogP contribution is -2.39. The second-order valence-electron chi connectivity index (χ2n) is 12.1. The number of hydrogen-bond donors (Lipinski definition) is 1. The summed E-state index contributed by atoms with van der Waals surface area (Å²) in [6, 6.07) is 8.19. The largest absolute Gasteiger partial charge is 0.444 e. The molecule has 9 heteroatoms. The van der Waals surface area contributed by atoms with Crippen LogP contribution in [0.1, 0.15) is 78.1 Å². The lowest BCUT2D eigenvalue weighted by molar-refractivity contribution is 0.0222. The van der Waals surface area contributed by atoms with E-state index in [0.29, 0.717) is 31.7 Å². The molecular weight excluding hydrogens is 516 g/mol. The fraction of sp³-hybridized carbons (Fsp3) is 0.406. The lowest BCUT2D eigenvalue weighted by atomic mass is 9.86. The third-order valence-corrected chi connectivity index (χ3v) is 8.00. The highest BCUT2D eigenvalue weighted by atomic mass is 16.6. The van der Waals surface area contributed by atoms with Crippen molar-refractivity contribution in [2.24, 2.45) is 0 Å². The van der Waals surface area contributed by atoms with E-state index in [1.54, 1.807) is 6.07 Å². The van der Waals surface area contributed by atoms with Crippen LogP contribution in [0, 0.1) is 13.8 Å². The van der Waals surface area contributed by atoms with Gasteiger partial charge in [-0.15, -0.1) is 0 Å². The number of amides is 2. The van der Waals surface area contributed by atoms with Gasteiger partial charge < -0.3 is 19.5 Å². The highest BCUT2D eigenvalue weighted by Gasteiger charge is 2.36. The van der Waals surface area contributed by atoms with Crippen molar-refractivity contribution in [2.75, 3.05) is 13.1 Å². The third-order valence-electron chi connectivity index (χ3n) is 8.00. The molecule has 9 nitrogen and oxygen atoms in total. The van der Waals surface area contributed by atoms with E-state index in [1.165, 1.54) is 11.9 Å². The first-order chi connectivity index (χ1) is 19.6. The number of pyridine rings is 1. The molecule has 0 spiro atoms. The molecule has 0 saturated carbocycles. The number of rotatable bonds is 3. The molecule has 3 aromatic heterocycles. The number of H-pyrrole nitrogens is 1. The summed E-state index contributed by atoms with van der Waals surface area (Å²) >= 11 is 0. The summed E-state index contributed by atoms with van der Waals surface area (Å²) in [6.45, 7) is 11.3. The van der Waals surface area contributed by atoms with Crippen molar-refractivity contribution in [3.63, 3.8) is 0 Å². The molecule has 1 atom stereocenters. The third kappa shape index (κ3) is 5.28. The first-order valence-corrected chi connectivity index (χ1v) is 14.2. The molecule has 0 aliphatic carbocycles. The molecule has 6 rings (SSSR count). The van der Waals surface area contributed by atoms with Gasteiger partial charge in [0, 0.05) is 48.7 Å². The van der Waals surface area contributed by atoms with E-state index >= 15 is 0 Å². The van der Waals surface area contributed by atoms with Gasteiger partial charge in [0.2, 0.25) is 0 Å². The van der Waals surface area contributed by atoms with E-state index in [-0.39, 0.29) is 18.0 Å². The van der Waals surface area contributed by atoms with Crippen molar-refractivity contribution >= 4 is 23.0 Å². The Labute approximate surface area is 240 Å². The Morgan fingerprint density at radius 3 is 2.63 bits per heavy atom. The van der Waals surface area contributed by atoms with Crippen molar-refractivity contribution in [1.82, 2.24) is 29.7 Å². The zero-order valence-corrected chi connectivity index (χ0v) is 24.3. The van der Waals surface area contributed by atoms with E-state index in [0.717, 1.165) is 57.4 Å². The summed E-state index contributed by atoms with van der Waals surface area (Å²) in [7, 11) is 0. The summed E-state index contributed by atoms with van der Waals surface area (Å²) in [5, 5.41) is 1.09. The molecule has 2 aliphatic heterocycles. The van der Waals surface area contributed by atoms with Crippen LogP contribution in [-0.4, -0.2) is 60.4 Å². The van der Waals surface area contributed by atoms with Crippen LogP contribution in [0.3, 0.4) is 0 Å². The zero-order chi connectivity index (χ0) is 28.9. The molecule has 4 aromatic rings. The van der Waals surface area contributed by atoms with Gasteiger partial charge in [-0.1, -0.05) is 6.07 Å². The van der Waals surface area contributed by atoms with Gasteiger partial charge in [-0.25, -0.2) is 19.7 Å². The van der Waals surface area contributed by atoms with Gasteiger partial charge in [0.05, 0.1) is 6.04 Å². The first-order valence-electron chi connectivity index (χ1n) is 14.2. The molecule has 0 radical (unpaired) electrons. The number of nitrogens with zero attached hydrogens (tertiary/aromatic N) is 5. The Morgan fingerprint density at radius 2 is 1.85 bits per heavy atom. The van der Waals surface area contributed by atoms with Crippen molar-refractivity contribution in [1.29, 1.82) is 0 Å². The fourth-order valence-corrected chi connectivity index (χ4v) is 5.99. The van der Waals surface area contributed by atoms with Crippen LogP contribution < -0.4 is 0 Å². The summed E-state index contributed by atoms with van der Waals surface area (Å²) in [6.07, 6.45) is 7.45. The van der Waals surface area contributed by atoms with Gasteiger partial charge in [0.25, 0.3) is 5.91 Å². The molecule has 5 heterocycles. The zero-order valence-electron chi connectivity index (χ0n) is 24.3. The minimum atomic E-state index is -0.583. The predicted octanol–water partition coefficient (Wildman–Crippen LogP) is 5.91. The van der Waals surface area contributed by atoms with Crippen LogP contribution in [0.15, 0.2) is 43.0 Å². The fourth-order valence-electron chi connectivity index (χ4n) is 5.99. The van der Waals surface area contributed by atoms with E-state index in [2.05, 4.69) is 45.1 Å². The predicted molar refractivity (Wildman–Crippen MR) is 156 cm³/mol. The second kappa shape index (κ2) is 10.3. The van der Waals surface area contributed by atoms with Gasteiger partial charge in [-0.3, -0.25) is 4.79 Å². The number of aromatic nitrogens is 4. The SMILES string of the molecule is Cc1cc(C(=O)N2CCc3cc(-c4cnc5[nH]cc(C)c5c4)cc(C4CCCN4C(=O)OC(C)(C)C)c3C2)ncn1. The number of hydrogen-bond acceptors (Lipinski definition) is 6. The Bertz CT molecular complexity index is 1650. The summed E-state index contributed by atoms with van der Waals surface area (Å²) < 4.78 is 5.81. The van der Waals surface area contributed by atoms with Gasteiger partial charge >= 0.3 is 6.09 Å². The molecule has 1 unspecified atom stereocenters. The molecule has 41 heavy (non-hydrogen) atoms. The van der Waals surface area contributed by atoms with Crippen LogP contribution in [0.25, 0.3) is 22.2 Å². The summed E-state index contributed by atoms with van der Waals surface area (Å²) in [4.78, 5) is 46.8. The average Bonchev–Trinajstić information content (AvgIpc) is 3.58. The normalized spacial score (nSPS) is 17.1. The van der Waals surface area contributed by atoms with Crippen molar-refractivity contribution < 1.29 is 14.3 Å². The number of likely N-dealkylation sites (tertiary alicyclic amines) is 1. The molecule has 2 aliphatic rings. The van der Waals surface area contributed by atoms with E-state index in [1.807, 2.05) is 49.9 Å². The van der Waals surface area contributed by atoms with Gasteiger partial charge in [0.1, 0.15) is 23.3 Å². The van der Waals surface area contributed by atoms with E-state index in [9.17, 15) is 9.59 Å². The van der Waals surface area contributed by atoms with Crippen molar-refractivity contribution in [3.05, 3.63) is 76.6 Å². The number of carbonyl (C=O) groups is 2. The van der Waals surface area contributed by atoms with Crippen molar-refractivity contribution in [2.45, 2.75) is 72.1 Å². The number of carbonyl (C=O) groups excluding carboxylic acids is 2. The highest BCUT2D eigenvalue weighted by molar-refractivity contribution is 5.92. The van der Waals surface area contributed by atoms with Crippen molar-refractivity contribution in [3.8, 4) is 11.1 Å². The number of nitrogens with one attached hydrogen (secondary N) is 1. The maximum absolute atomic E-state index is 13.5. The van der Waals surface area contributed by atoms with E-state index < -0.39 is 5.60 Å². The number of aryl methyl sites for hydroxylation is 2. The Hall–Kier alpha value is -4.27. The number of benzene rings is 1. The quantitative estimate of drug-likeness (QED) is 0.339. The van der Waals surface area contributed by atoms with Crippen LogP contribution in [0.4, 0.5) is 4.79 Å². The van der Waals surface area contributed by atoms with Crippen LogP contribution in [0.2, 0.25) is 0 Å². The lowest BCUT2D eigenvalue weighted by Gasteiger charge is -2.34. The maximum Gasteiger partial charge on any atom is 0.410 e. The van der Waals surface area contributed by atoms with Gasteiger partial charge in [0.15, 0.2) is 0 Å². The first kappa shape index (κ1) is 26.9. The summed E-state index contributed by atoms with van der Waals surface area (Å²) in [5.41, 5.74) is 8.05. The van der Waals surface area contributed by atoms with Crippen LogP contribution in [0.5, 0.6) is 0 Å². The smallest absolute Gasteiger partial charge is 0.410 e. The summed E-state index contributed by atoms with van der Waals surface area (Å²) in [5.74, 6) is -0.107.